The minimum atomic E-state index is 0.0676. The lowest BCUT2D eigenvalue weighted by Crippen LogP contribution is -2.23. The Morgan fingerprint density at radius 3 is 2.89 bits per heavy atom. The monoisotopic (exact) mass is 262 g/mol. The van der Waals surface area contributed by atoms with Crippen LogP contribution < -0.4 is 10.6 Å². The second-order valence-electron chi connectivity index (χ2n) is 4.93. The first kappa shape index (κ1) is 14.0. The molecule has 1 aliphatic carbocycles. The van der Waals surface area contributed by atoms with Crippen molar-refractivity contribution in [1.82, 2.24) is 5.32 Å². The van der Waals surface area contributed by atoms with Crippen molar-refractivity contribution in [3.05, 3.63) is 29.8 Å². The maximum absolute atomic E-state index is 11.9. The van der Waals surface area contributed by atoms with Crippen molar-refractivity contribution in [2.75, 3.05) is 25.6 Å². The summed E-state index contributed by atoms with van der Waals surface area (Å²) < 4.78 is 5.08. The summed E-state index contributed by atoms with van der Waals surface area (Å²) in [7, 11) is 1.69. The second kappa shape index (κ2) is 7.26. The van der Waals surface area contributed by atoms with E-state index < -0.39 is 0 Å². The van der Waals surface area contributed by atoms with Gasteiger partial charge in [0.1, 0.15) is 0 Å². The third-order valence-corrected chi connectivity index (χ3v) is 3.23. The molecule has 1 aromatic carbocycles. The van der Waals surface area contributed by atoms with Crippen LogP contribution in [-0.4, -0.2) is 32.2 Å². The zero-order valence-electron chi connectivity index (χ0n) is 11.4. The quantitative estimate of drug-likeness (QED) is 0.753. The zero-order chi connectivity index (χ0) is 13.5. The zero-order valence-corrected chi connectivity index (χ0v) is 11.4. The molecule has 1 aromatic rings. The number of anilines is 1. The van der Waals surface area contributed by atoms with Crippen LogP contribution >= 0.6 is 0 Å². The molecule has 1 fully saturated rings. The summed E-state index contributed by atoms with van der Waals surface area (Å²) in [5, 5.41) is 6.32. The molecule has 0 radical (unpaired) electrons. The van der Waals surface area contributed by atoms with Gasteiger partial charge in [-0.15, -0.1) is 0 Å². The van der Waals surface area contributed by atoms with Gasteiger partial charge in [-0.05, 0) is 30.9 Å². The molecule has 0 unspecified atom stereocenters. The lowest BCUT2D eigenvalue weighted by molar-refractivity contribution is -0.116. The Balaban J connectivity index is 1.80. The van der Waals surface area contributed by atoms with Crippen LogP contribution in [0.2, 0.25) is 0 Å². The van der Waals surface area contributed by atoms with E-state index in [9.17, 15) is 4.79 Å². The van der Waals surface area contributed by atoms with E-state index in [0.717, 1.165) is 24.2 Å². The van der Waals surface area contributed by atoms with Crippen LogP contribution in [0.5, 0.6) is 0 Å². The number of carbonyl (C=O) groups excluding carboxylic acids is 1. The highest BCUT2D eigenvalue weighted by molar-refractivity contribution is 5.91. The first-order valence-corrected chi connectivity index (χ1v) is 6.89. The summed E-state index contributed by atoms with van der Waals surface area (Å²) in [4.78, 5) is 11.9. The molecule has 0 heterocycles. The SMILES string of the molecule is COCCc1ccccc1NC(=O)CCNC1CC1. The van der Waals surface area contributed by atoms with E-state index in [2.05, 4.69) is 10.6 Å². The van der Waals surface area contributed by atoms with E-state index in [-0.39, 0.29) is 5.91 Å². The number of nitrogens with one attached hydrogen (secondary N) is 2. The number of amides is 1. The van der Waals surface area contributed by atoms with Gasteiger partial charge in [-0.2, -0.15) is 0 Å². The highest BCUT2D eigenvalue weighted by Gasteiger charge is 2.20. The van der Waals surface area contributed by atoms with Gasteiger partial charge < -0.3 is 15.4 Å². The average Bonchev–Trinajstić information content (AvgIpc) is 3.22. The Morgan fingerprint density at radius 1 is 1.37 bits per heavy atom. The first-order valence-electron chi connectivity index (χ1n) is 6.89. The molecule has 4 nitrogen and oxygen atoms in total. The smallest absolute Gasteiger partial charge is 0.225 e. The van der Waals surface area contributed by atoms with E-state index >= 15 is 0 Å². The van der Waals surface area contributed by atoms with Gasteiger partial charge in [0.15, 0.2) is 0 Å². The molecule has 0 aliphatic heterocycles. The van der Waals surface area contributed by atoms with E-state index in [1.807, 2.05) is 24.3 Å². The summed E-state index contributed by atoms with van der Waals surface area (Å²) in [5.41, 5.74) is 2.02. The molecule has 2 N–H and O–H groups in total. The molecule has 0 atom stereocenters. The van der Waals surface area contributed by atoms with Crippen LogP contribution in [-0.2, 0) is 16.0 Å². The number of para-hydroxylation sites is 1. The fourth-order valence-electron chi connectivity index (χ4n) is 1.96. The standard InChI is InChI=1S/C15H22N2O2/c1-19-11-9-12-4-2-3-5-14(12)17-15(18)8-10-16-13-6-7-13/h2-5,13,16H,6-11H2,1H3,(H,17,18). The van der Waals surface area contributed by atoms with Crippen molar-refractivity contribution >= 4 is 11.6 Å². The molecule has 1 amide bonds. The number of methoxy groups -OCH3 is 1. The Bertz CT molecular complexity index is 416. The van der Waals surface area contributed by atoms with Gasteiger partial charge in [-0.25, -0.2) is 0 Å². The van der Waals surface area contributed by atoms with E-state index in [1.54, 1.807) is 7.11 Å². The number of benzene rings is 1. The fourth-order valence-corrected chi connectivity index (χ4v) is 1.96. The van der Waals surface area contributed by atoms with E-state index in [4.69, 9.17) is 4.74 Å². The fraction of sp³-hybridized carbons (Fsp3) is 0.533. The molecule has 0 saturated heterocycles. The molecular weight excluding hydrogens is 240 g/mol. The summed E-state index contributed by atoms with van der Waals surface area (Å²) in [6, 6.07) is 8.54. The maximum atomic E-state index is 11.9. The lowest BCUT2D eigenvalue weighted by Gasteiger charge is -2.11. The maximum Gasteiger partial charge on any atom is 0.225 e. The molecular formula is C15H22N2O2. The summed E-state index contributed by atoms with van der Waals surface area (Å²) >= 11 is 0. The predicted octanol–water partition coefficient (Wildman–Crippen LogP) is 1.96. The van der Waals surface area contributed by atoms with Gasteiger partial charge in [-0.3, -0.25) is 4.79 Å². The summed E-state index contributed by atoms with van der Waals surface area (Å²) in [5.74, 6) is 0.0676. The summed E-state index contributed by atoms with van der Waals surface area (Å²) in [6.45, 7) is 1.42. The lowest BCUT2D eigenvalue weighted by atomic mass is 10.1. The van der Waals surface area contributed by atoms with Gasteiger partial charge in [0.05, 0.1) is 6.61 Å². The van der Waals surface area contributed by atoms with Crippen molar-refractivity contribution in [2.24, 2.45) is 0 Å². The average molecular weight is 262 g/mol. The number of carbonyl (C=O) groups is 1. The highest BCUT2D eigenvalue weighted by atomic mass is 16.5. The molecule has 0 bridgehead atoms. The minimum absolute atomic E-state index is 0.0676. The minimum Gasteiger partial charge on any atom is -0.384 e. The number of ether oxygens (including phenoxy) is 1. The van der Waals surface area contributed by atoms with Gasteiger partial charge in [0.2, 0.25) is 5.91 Å². The second-order valence-corrected chi connectivity index (χ2v) is 4.93. The van der Waals surface area contributed by atoms with E-state index in [1.165, 1.54) is 12.8 Å². The molecule has 2 rings (SSSR count). The van der Waals surface area contributed by atoms with Gasteiger partial charge in [-0.1, -0.05) is 18.2 Å². The van der Waals surface area contributed by atoms with Crippen molar-refractivity contribution in [1.29, 1.82) is 0 Å². The van der Waals surface area contributed by atoms with Gasteiger partial charge in [0, 0.05) is 31.8 Å². The first-order chi connectivity index (χ1) is 9.29. The Kier molecular flexibility index (Phi) is 5.36. The topological polar surface area (TPSA) is 50.4 Å². The van der Waals surface area contributed by atoms with Crippen molar-refractivity contribution in [3.63, 3.8) is 0 Å². The Hall–Kier alpha value is -1.39. The third-order valence-electron chi connectivity index (χ3n) is 3.23. The van der Waals surface area contributed by atoms with Crippen LogP contribution in [0.4, 0.5) is 5.69 Å². The Labute approximate surface area is 114 Å². The largest absolute Gasteiger partial charge is 0.384 e. The molecule has 0 aromatic heterocycles. The highest BCUT2D eigenvalue weighted by Crippen LogP contribution is 2.18. The molecule has 1 saturated carbocycles. The number of hydrogen-bond donors (Lipinski definition) is 2. The normalized spacial score (nSPS) is 14.4. The third kappa shape index (κ3) is 5.01. The van der Waals surface area contributed by atoms with Crippen LogP contribution in [0.15, 0.2) is 24.3 Å². The molecule has 104 valence electrons. The number of rotatable bonds is 8. The predicted molar refractivity (Wildman–Crippen MR) is 76.3 cm³/mol. The van der Waals surface area contributed by atoms with Gasteiger partial charge in [0.25, 0.3) is 0 Å². The van der Waals surface area contributed by atoms with E-state index in [0.29, 0.717) is 19.1 Å². The van der Waals surface area contributed by atoms with Gasteiger partial charge >= 0.3 is 0 Å². The van der Waals surface area contributed by atoms with Crippen LogP contribution in [0.3, 0.4) is 0 Å². The summed E-state index contributed by atoms with van der Waals surface area (Å²) in [6.07, 6.45) is 3.84. The van der Waals surface area contributed by atoms with Crippen LogP contribution in [0.1, 0.15) is 24.8 Å². The van der Waals surface area contributed by atoms with Crippen molar-refractivity contribution in [3.8, 4) is 0 Å². The van der Waals surface area contributed by atoms with Crippen LogP contribution in [0, 0.1) is 0 Å². The number of hydrogen-bond acceptors (Lipinski definition) is 3. The van der Waals surface area contributed by atoms with Crippen molar-refractivity contribution < 1.29 is 9.53 Å². The van der Waals surface area contributed by atoms with Crippen LogP contribution in [0.25, 0.3) is 0 Å². The molecule has 1 aliphatic rings. The molecule has 0 spiro atoms. The Morgan fingerprint density at radius 2 is 2.16 bits per heavy atom. The molecule has 4 heteroatoms. The molecule has 19 heavy (non-hydrogen) atoms. The van der Waals surface area contributed by atoms with Crippen molar-refractivity contribution in [2.45, 2.75) is 31.7 Å².